The van der Waals surface area contributed by atoms with Crippen LogP contribution in [0.25, 0.3) is 22.4 Å². The maximum absolute atomic E-state index is 13.0. The number of benzene rings is 2. The standard InChI is InChI=1S/C29H25N5O3S/c30-17-23-22(18-5-3-6-19(15-18)28(36)32-20-10-12-31-13-11-20)16-24(21-7-1-2-8-25(21)35)33-27(23)34-29(37)26-9-4-14-38-26/h1-9,14-16,20,31,35H,10-13H2,(H,32,36)(H,33,34,37). The first-order valence-electron chi connectivity index (χ1n) is 12.2. The zero-order chi connectivity index (χ0) is 26.5. The maximum atomic E-state index is 13.0. The summed E-state index contributed by atoms with van der Waals surface area (Å²) >= 11 is 1.28. The third kappa shape index (κ3) is 5.42. The number of carbonyl (C=O) groups is 2. The normalized spacial score (nSPS) is 13.4. The van der Waals surface area contributed by atoms with E-state index in [-0.39, 0.29) is 35.0 Å². The highest BCUT2D eigenvalue weighted by atomic mass is 32.1. The third-order valence-corrected chi connectivity index (χ3v) is 7.27. The van der Waals surface area contributed by atoms with Crippen molar-refractivity contribution in [2.75, 3.05) is 18.4 Å². The summed E-state index contributed by atoms with van der Waals surface area (Å²) in [6.45, 7) is 1.73. The van der Waals surface area contributed by atoms with E-state index in [1.807, 2.05) is 0 Å². The Hall–Kier alpha value is -4.52. The molecule has 5 rings (SSSR count). The number of nitriles is 1. The number of para-hydroxylation sites is 1. The van der Waals surface area contributed by atoms with Crippen LogP contribution in [0.15, 0.2) is 72.1 Å². The SMILES string of the molecule is N#Cc1c(-c2cccc(C(=O)NC3CCNCC3)c2)cc(-c2ccccc2O)nc1NC(=O)c1cccs1. The molecule has 0 radical (unpaired) electrons. The Labute approximate surface area is 224 Å². The number of nitrogens with zero attached hydrogens (tertiary/aromatic N) is 2. The molecule has 1 fully saturated rings. The van der Waals surface area contributed by atoms with Gasteiger partial charge in [0.15, 0.2) is 5.82 Å². The Morgan fingerprint density at radius 2 is 1.82 bits per heavy atom. The van der Waals surface area contributed by atoms with Crippen molar-refractivity contribution in [3.8, 4) is 34.2 Å². The molecule has 4 aromatic rings. The van der Waals surface area contributed by atoms with Gasteiger partial charge in [-0.15, -0.1) is 11.3 Å². The van der Waals surface area contributed by atoms with Crippen LogP contribution in [0.4, 0.5) is 5.82 Å². The highest BCUT2D eigenvalue weighted by Gasteiger charge is 2.21. The Kier molecular flexibility index (Phi) is 7.45. The van der Waals surface area contributed by atoms with Crippen LogP contribution in [0, 0.1) is 11.3 Å². The largest absolute Gasteiger partial charge is 0.507 e. The number of piperidine rings is 1. The van der Waals surface area contributed by atoms with E-state index in [1.54, 1.807) is 72.1 Å². The van der Waals surface area contributed by atoms with Crippen LogP contribution in [0.1, 0.15) is 38.4 Å². The van der Waals surface area contributed by atoms with E-state index in [2.05, 4.69) is 27.0 Å². The van der Waals surface area contributed by atoms with Gasteiger partial charge in [0.25, 0.3) is 11.8 Å². The van der Waals surface area contributed by atoms with Gasteiger partial charge in [0.2, 0.25) is 0 Å². The molecule has 1 saturated heterocycles. The number of aromatic hydroxyl groups is 1. The van der Waals surface area contributed by atoms with E-state index < -0.39 is 0 Å². The number of anilines is 1. The molecule has 38 heavy (non-hydrogen) atoms. The summed E-state index contributed by atoms with van der Waals surface area (Å²) in [5, 5.41) is 31.6. The number of carbonyl (C=O) groups excluding carboxylic acids is 2. The summed E-state index contributed by atoms with van der Waals surface area (Å²) < 4.78 is 0. The number of hydrogen-bond acceptors (Lipinski definition) is 7. The number of hydrogen-bond donors (Lipinski definition) is 4. The van der Waals surface area contributed by atoms with Gasteiger partial charge in [-0.1, -0.05) is 30.3 Å². The first-order valence-corrected chi connectivity index (χ1v) is 13.1. The van der Waals surface area contributed by atoms with Gasteiger partial charge in [-0.25, -0.2) is 4.98 Å². The van der Waals surface area contributed by atoms with Crippen molar-refractivity contribution in [2.45, 2.75) is 18.9 Å². The summed E-state index contributed by atoms with van der Waals surface area (Å²) in [4.78, 5) is 30.9. The van der Waals surface area contributed by atoms with Gasteiger partial charge in [0.1, 0.15) is 17.4 Å². The quantitative estimate of drug-likeness (QED) is 0.288. The van der Waals surface area contributed by atoms with E-state index in [1.165, 1.54) is 11.3 Å². The minimum Gasteiger partial charge on any atom is -0.507 e. The average molecular weight is 524 g/mol. The number of phenolic OH excluding ortho intramolecular Hbond substituents is 1. The zero-order valence-corrected chi connectivity index (χ0v) is 21.2. The van der Waals surface area contributed by atoms with E-state index in [0.717, 1.165) is 25.9 Å². The highest BCUT2D eigenvalue weighted by molar-refractivity contribution is 7.12. The summed E-state index contributed by atoms with van der Waals surface area (Å²) in [6.07, 6.45) is 1.73. The number of phenols is 1. The monoisotopic (exact) mass is 523 g/mol. The van der Waals surface area contributed by atoms with Crippen LogP contribution >= 0.6 is 11.3 Å². The average Bonchev–Trinajstić information content (AvgIpc) is 3.49. The summed E-state index contributed by atoms with van der Waals surface area (Å²) in [5.41, 5.74) is 2.55. The Morgan fingerprint density at radius 1 is 1.00 bits per heavy atom. The van der Waals surface area contributed by atoms with Crippen LogP contribution in [-0.2, 0) is 0 Å². The van der Waals surface area contributed by atoms with Gasteiger partial charge in [0.05, 0.1) is 10.6 Å². The lowest BCUT2D eigenvalue weighted by atomic mass is 9.96. The second kappa shape index (κ2) is 11.3. The van der Waals surface area contributed by atoms with Crippen molar-refractivity contribution in [2.24, 2.45) is 0 Å². The molecule has 0 aliphatic carbocycles. The molecule has 4 N–H and O–H groups in total. The molecule has 0 unspecified atom stereocenters. The lowest BCUT2D eigenvalue weighted by Crippen LogP contribution is -2.42. The first kappa shape index (κ1) is 25.1. The zero-order valence-electron chi connectivity index (χ0n) is 20.4. The maximum Gasteiger partial charge on any atom is 0.266 e. The smallest absolute Gasteiger partial charge is 0.266 e. The van der Waals surface area contributed by atoms with Crippen LogP contribution in [0.3, 0.4) is 0 Å². The molecular formula is C29H25N5O3S. The van der Waals surface area contributed by atoms with E-state index in [4.69, 9.17) is 0 Å². The second-order valence-corrected chi connectivity index (χ2v) is 9.87. The lowest BCUT2D eigenvalue weighted by Gasteiger charge is -2.23. The first-order chi connectivity index (χ1) is 18.5. The molecule has 0 saturated carbocycles. The molecule has 2 aromatic heterocycles. The minimum absolute atomic E-state index is 0.0151. The van der Waals surface area contributed by atoms with Gasteiger partial charge in [0, 0.05) is 22.7 Å². The Balaban J connectivity index is 1.58. The molecule has 2 amide bonds. The highest BCUT2D eigenvalue weighted by Crippen LogP contribution is 2.36. The van der Waals surface area contributed by atoms with Gasteiger partial charge in [-0.2, -0.15) is 5.26 Å². The fourth-order valence-corrected chi connectivity index (χ4v) is 5.06. The molecule has 2 aromatic carbocycles. The third-order valence-electron chi connectivity index (χ3n) is 6.40. The molecule has 0 spiro atoms. The van der Waals surface area contributed by atoms with Crippen molar-refractivity contribution in [1.29, 1.82) is 5.26 Å². The van der Waals surface area contributed by atoms with Crippen LogP contribution < -0.4 is 16.0 Å². The molecular weight excluding hydrogens is 498 g/mol. The number of pyridine rings is 1. The Morgan fingerprint density at radius 3 is 2.55 bits per heavy atom. The van der Waals surface area contributed by atoms with Gasteiger partial charge < -0.3 is 21.1 Å². The van der Waals surface area contributed by atoms with Crippen molar-refractivity contribution < 1.29 is 14.7 Å². The molecule has 1 aliphatic heterocycles. The molecule has 1 aliphatic rings. The van der Waals surface area contributed by atoms with E-state index in [9.17, 15) is 20.0 Å². The Bertz CT molecular complexity index is 1520. The fraction of sp³-hybridized carbons (Fsp3) is 0.172. The predicted octanol–water partition coefficient (Wildman–Crippen LogP) is 4.79. The lowest BCUT2D eigenvalue weighted by molar-refractivity contribution is 0.0929. The van der Waals surface area contributed by atoms with Crippen LogP contribution in [0.5, 0.6) is 5.75 Å². The fourth-order valence-electron chi connectivity index (χ4n) is 4.44. The van der Waals surface area contributed by atoms with Crippen molar-refractivity contribution in [1.82, 2.24) is 15.6 Å². The molecule has 190 valence electrons. The number of thiophene rings is 1. The number of rotatable bonds is 6. The van der Waals surface area contributed by atoms with E-state index >= 15 is 0 Å². The number of aromatic nitrogens is 1. The summed E-state index contributed by atoms with van der Waals surface area (Å²) in [6, 6.07) is 21.2. The predicted molar refractivity (Wildman–Crippen MR) is 147 cm³/mol. The molecule has 9 heteroatoms. The van der Waals surface area contributed by atoms with Gasteiger partial charge >= 0.3 is 0 Å². The summed E-state index contributed by atoms with van der Waals surface area (Å²) in [7, 11) is 0. The topological polar surface area (TPSA) is 127 Å². The number of nitrogens with one attached hydrogen (secondary N) is 3. The van der Waals surface area contributed by atoms with Gasteiger partial charge in [-0.05, 0) is 73.3 Å². The molecule has 0 bridgehead atoms. The summed E-state index contributed by atoms with van der Waals surface area (Å²) in [5.74, 6) is -0.481. The molecule has 0 atom stereocenters. The molecule has 8 nitrogen and oxygen atoms in total. The number of amides is 2. The van der Waals surface area contributed by atoms with Crippen molar-refractivity contribution in [3.63, 3.8) is 0 Å². The van der Waals surface area contributed by atoms with Crippen molar-refractivity contribution in [3.05, 3.63) is 88.1 Å². The van der Waals surface area contributed by atoms with Crippen molar-refractivity contribution >= 4 is 29.0 Å². The minimum atomic E-state index is -0.389. The second-order valence-electron chi connectivity index (χ2n) is 8.92. The van der Waals surface area contributed by atoms with Crippen LogP contribution in [0.2, 0.25) is 0 Å². The van der Waals surface area contributed by atoms with E-state index in [0.29, 0.717) is 32.8 Å². The molecule has 3 heterocycles. The van der Waals surface area contributed by atoms with Gasteiger partial charge in [-0.3, -0.25) is 9.59 Å². The van der Waals surface area contributed by atoms with Crippen LogP contribution in [-0.4, -0.2) is 41.0 Å².